The second-order valence-corrected chi connectivity index (χ2v) is 8.75. The van der Waals surface area contributed by atoms with Gasteiger partial charge in [-0.25, -0.2) is 9.78 Å². The summed E-state index contributed by atoms with van der Waals surface area (Å²) in [6.07, 6.45) is 2.73. The number of esters is 1. The van der Waals surface area contributed by atoms with Gasteiger partial charge in [0.05, 0.1) is 16.8 Å². The van der Waals surface area contributed by atoms with Crippen LogP contribution < -0.4 is 0 Å². The van der Waals surface area contributed by atoms with Gasteiger partial charge in [-0.05, 0) is 36.1 Å². The molecule has 35 heavy (non-hydrogen) atoms. The van der Waals surface area contributed by atoms with Crippen molar-refractivity contribution in [1.29, 1.82) is 0 Å². The number of carbonyl (C=O) groups is 2. The van der Waals surface area contributed by atoms with Crippen molar-refractivity contribution in [1.82, 2.24) is 9.97 Å². The van der Waals surface area contributed by atoms with Crippen LogP contribution in [0.1, 0.15) is 52.5 Å². The molecule has 0 unspecified atom stereocenters. The lowest BCUT2D eigenvalue weighted by molar-refractivity contribution is 0.0477. The fourth-order valence-corrected chi connectivity index (χ4v) is 4.30. The quantitative estimate of drug-likeness (QED) is 0.210. The van der Waals surface area contributed by atoms with Gasteiger partial charge in [0.2, 0.25) is 5.78 Å². The van der Waals surface area contributed by atoms with E-state index >= 15 is 0 Å². The smallest absolute Gasteiger partial charge is 0.339 e. The van der Waals surface area contributed by atoms with Crippen LogP contribution in [0.15, 0.2) is 85.1 Å². The van der Waals surface area contributed by atoms with Crippen molar-refractivity contribution in [3.63, 3.8) is 0 Å². The van der Waals surface area contributed by atoms with E-state index in [0.29, 0.717) is 33.6 Å². The molecule has 174 valence electrons. The van der Waals surface area contributed by atoms with Gasteiger partial charge in [-0.2, -0.15) is 0 Å². The maximum absolute atomic E-state index is 13.2. The topological polar surface area (TPSA) is 72.1 Å². The van der Waals surface area contributed by atoms with Crippen molar-refractivity contribution in [3.05, 3.63) is 102 Å². The van der Waals surface area contributed by atoms with E-state index in [0.717, 1.165) is 22.9 Å². The minimum Gasteiger partial charge on any atom is -0.454 e. The Morgan fingerprint density at radius 1 is 0.914 bits per heavy atom. The Bertz CT molecular complexity index is 1530. The largest absolute Gasteiger partial charge is 0.454 e. The number of pyridine rings is 1. The van der Waals surface area contributed by atoms with Crippen LogP contribution in [0.4, 0.5) is 0 Å². The first kappa shape index (κ1) is 22.5. The van der Waals surface area contributed by atoms with Gasteiger partial charge in [-0.15, -0.1) is 0 Å². The molecule has 5 rings (SSSR count). The Labute approximate surface area is 203 Å². The number of aromatic nitrogens is 2. The second kappa shape index (κ2) is 9.55. The summed E-state index contributed by atoms with van der Waals surface area (Å²) in [4.78, 5) is 33.8. The number of aromatic amines is 1. The fraction of sp³-hybridized carbons (Fsp3) is 0.167. The predicted molar refractivity (Wildman–Crippen MR) is 139 cm³/mol. The first-order valence-electron chi connectivity index (χ1n) is 11.8. The summed E-state index contributed by atoms with van der Waals surface area (Å²) in [5.74, 6) is -0.321. The Balaban J connectivity index is 1.43. The van der Waals surface area contributed by atoms with E-state index in [-0.39, 0.29) is 12.4 Å². The molecule has 5 heteroatoms. The number of fused-ring (bicyclic) bond motifs is 2. The van der Waals surface area contributed by atoms with Crippen molar-refractivity contribution in [3.8, 4) is 11.3 Å². The molecule has 0 bridgehead atoms. The molecule has 1 N–H and O–H groups in total. The van der Waals surface area contributed by atoms with Gasteiger partial charge in [0.1, 0.15) is 0 Å². The molecule has 0 aliphatic carbocycles. The third kappa shape index (κ3) is 4.45. The maximum Gasteiger partial charge on any atom is 0.339 e. The van der Waals surface area contributed by atoms with Crippen molar-refractivity contribution in [2.24, 2.45) is 0 Å². The summed E-state index contributed by atoms with van der Waals surface area (Å²) >= 11 is 0. The molecule has 0 amide bonds. The van der Waals surface area contributed by atoms with Gasteiger partial charge in [0.15, 0.2) is 6.61 Å². The lowest BCUT2D eigenvalue weighted by Crippen LogP contribution is -2.14. The Hall–Kier alpha value is -4.25. The van der Waals surface area contributed by atoms with Crippen LogP contribution in [0.2, 0.25) is 0 Å². The maximum atomic E-state index is 13.2. The molecule has 0 aliphatic heterocycles. The summed E-state index contributed by atoms with van der Waals surface area (Å²) in [6.45, 7) is 4.04. The summed E-state index contributed by atoms with van der Waals surface area (Å²) < 4.78 is 5.50. The lowest BCUT2D eigenvalue weighted by atomic mass is 9.96. The number of Topliss-reactive ketones (excluding diaryl/α,β-unsaturated/α-hetero) is 1. The van der Waals surface area contributed by atoms with Crippen molar-refractivity contribution < 1.29 is 14.3 Å². The number of benzene rings is 3. The first-order chi connectivity index (χ1) is 17.0. The van der Waals surface area contributed by atoms with Crippen molar-refractivity contribution in [2.75, 3.05) is 6.61 Å². The van der Waals surface area contributed by atoms with Gasteiger partial charge in [0.25, 0.3) is 0 Å². The highest BCUT2D eigenvalue weighted by Crippen LogP contribution is 2.28. The molecular formula is C30H26N2O3. The van der Waals surface area contributed by atoms with E-state index in [1.54, 1.807) is 12.3 Å². The standard InChI is InChI=1S/C30H26N2O3/c1-3-19(2)20-12-14-21(15-13-20)28-16-24(22-8-5-7-11-27(22)32-28)30(34)35-18-29(33)25-17-31-26-10-6-4-9-23(25)26/h4-17,19,31H,3,18H2,1-2H3/t19-/m0/s1. The number of rotatable bonds is 7. The van der Waals surface area contributed by atoms with E-state index < -0.39 is 5.97 Å². The van der Waals surface area contributed by atoms with E-state index in [1.807, 2.05) is 60.7 Å². The Morgan fingerprint density at radius 2 is 1.63 bits per heavy atom. The van der Waals surface area contributed by atoms with Crippen LogP contribution in [-0.4, -0.2) is 28.3 Å². The van der Waals surface area contributed by atoms with E-state index in [9.17, 15) is 9.59 Å². The molecule has 2 heterocycles. The van der Waals surface area contributed by atoms with Crippen LogP contribution in [0.5, 0.6) is 0 Å². The van der Waals surface area contributed by atoms with Crippen molar-refractivity contribution >= 4 is 33.6 Å². The van der Waals surface area contributed by atoms with Crippen LogP contribution >= 0.6 is 0 Å². The highest BCUT2D eigenvalue weighted by molar-refractivity contribution is 6.10. The average molecular weight is 463 g/mol. The Kier molecular flexibility index (Phi) is 6.15. The van der Waals surface area contributed by atoms with E-state index in [4.69, 9.17) is 9.72 Å². The van der Waals surface area contributed by atoms with Crippen LogP contribution in [0, 0.1) is 0 Å². The molecule has 5 nitrogen and oxygen atoms in total. The number of H-pyrrole nitrogens is 1. The summed E-state index contributed by atoms with van der Waals surface area (Å²) in [5, 5.41) is 1.50. The normalized spacial score (nSPS) is 12.1. The molecule has 1 atom stereocenters. The lowest BCUT2D eigenvalue weighted by Gasteiger charge is -2.12. The zero-order valence-corrected chi connectivity index (χ0v) is 19.7. The number of hydrogen-bond donors (Lipinski definition) is 1. The highest BCUT2D eigenvalue weighted by Gasteiger charge is 2.19. The van der Waals surface area contributed by atoms with Gasteiger partial charge in [-0.1, -0.05) is 74.5 Å². The number of para-hydroxylation sites is 2. The van der Waals surface area contributed by atoms with E-state index in [1.165, 1.54) is 5.56 Å². The third-order valence-electron chi connectivity index (χ3n) is 6.55. The average Bonchev–Trinajstić information content (AvgIpc) is 3.35. The number of ketones is 1. The second-order valence-electron chi connectivity index (χ2n) is 8.75. The monoisotopic (exact) mass is 462 g/mol. The summed E-state index contributed by atoms with van der Waals surface area (Å²) in [7, 11) is 0. The van der Waals surface area contributed by atoms with E-state index in [2.05, 4.69) is 31.0 Å². The number of nitrogens with zero attached hydrogens (tertiary/aromatic N) is 1. The Morgan fingerprint density at radius 3 is 2.40 bits per heavy atom. The SMILES string of the molecule is CC[C@H](C)c1ccc(-c2cc(C(=O)OCC(=O)c3c[nH]c4ccccc34)c3ccccc3n2)cc1. The van der Waals surface area contributed by atoms with Gasteiger partial charge in [0, 0.05) is 33.6 Å². The first-order valence-corrected chi connectivity index (χ1v) is 11.8. The molecule has 5 aromatic rings. The summed E-state index contributed by atoms with van der Waals surface area (Å²) in [5.41, 5.74) is 5.35. The van der Waals surface area contributed by atoms with Crippen LogP contribution in [0.25, 0.3) is 33.1 Å². The number of nitrogens with one attached hydrogen (secondary N) is 1. The minimum atomic E-state index is -0.547. The van der Waals surface area contributed by atoms with Gasteiger partial charge >= 0.3 is 5.97 Å². The highest BCUT2D eigenvalue weighted by atomic mass is 16.5. The molecule has 0 fully saturated rings. The van der Waals surface area contributed by atoms with Gasteiger partial charge < -0.3 is 9.72 Å². The molecule has 0 saturated heterocycles. The van der Waals surface area contributed by atoms with Crippen LogP contribution in [0.3, 0.4) is 0 Å². The molecule has 2 aromatic heterocycles. The van der Waals surface area contributed by atoms with Gasteiger partial charge in [-0.3, -0.25) is 4.79 Å². The molecule has 0 saturated carbocycles. The predicted octanol–water partition coefficient (Wildman–Crippen LogP) is 6.94. The number of carbonyl (C=O) groups excluding carboxylic acids is 2. The van der Waals surface area contributed by atoms with Crippen molar-refractivity contribution in [2.45, 2.75) is 26.2 Å². The molecular weight excluding hydrogens is 436 g/mol. The molecule has 3 aromatic carbocycles. The fourth-order valence-electron chi connectivity index (χ4n) is 4.30. The molecule has 0 radical (unpaired) electrons. The number of hydrogen-bond acceptors (Lipinski definition) is 4. The van der Waals surface area contributed by atoms with Crippen LogP contribution in [-0.2, 0) is 4.74 Å². The number of ether oxygens (including phenoxy) is 1. The molecule has 0 aliphatic rings. The zero-order valence-electron chi connectivity index (χ0n) is 19.7. The third-order valence-corrected chi connectivity index (χ3v) is 6.55. The summed E-state index contributed by atoms with van der Waals surface area (Å²) in [6, 6.07) is 25.1. The minimum absolute atomic E-state index is 0.255. The molecule has 0 spiro atoms. The zero-order chi connectivity index (χ0) is 24.4.